The van der Waals surface area contributed by atoms with E-state index in [1.165, 1.54) is 6.92 Å². The van der Waals surface area contributed by atoms with Gasteiger partial charge in [0.15, 0.2) is 15.7 Å². The molecule has 0 aliphatic carbocycles. The molecule has 0 aliphatic rings. The number of nitrogens with one attached hydrogen (secondary N) is 1. The second-order valence-corrected chi connectivity index (χ2v) is 6.74. The van der Waals surface area contributed by atoms with Crippen LogP contribution in [0, 0.1) is 0 Å². The van der Waals surface area contributed by atoms with Crippen LogP contribution in [0.25, 0.3) is 0 Å². The van der Waals surface area contributed by atoms with Gasteiger partial charge >= 0.3 is 0 Å². The van der Waals surface area contributed by atoms with Crippen molar-refractivity contribution >= 4 is 21.6 Å². The maximum Gasteiger partial charge on any atom is 0.238 e. The fourth-order valence-corrected chi connectivity index (χ4v) is 1.90. The highest BCUT2D eigenvalue weighted by Gasteiger charge is 2.22. The first-order chi connectivity index (χ1) is 9.25. The Bertz CT molecular complexity index is 625. The van der Waals surface area contributed by atoms with Crippen LogP contribution in [0.3, 0.4) is 0 Å². The van der Waals surface area contributed by atoms with E-state index in [-0.39, 0.29) is 12.4 Å². The van der Waals surface area contributed by atoms with Gasteiger partial charge in [0, 0.05) is 18.4 Å². The van der Waals surface area contributed by atoms with E-state index in [2.05, 4.69) is 10.5 Å². The Hall–Kier alpha value is -2.09. The van der Waals surface area contributed by atoms with Crippen molar-refractivity contribution in [2.45, 2.75) is 18.7 Å². The van der Waals surface area contributed by atoms with Gasteiger partial charge in [-0.1, -0.05) is 23.4 Å². The van der Waals surface area contributed by atoms with Gasteiger partial charge in [-0.25, -0.2) is 8.42 Å². The molecule has 20 heavy (non-hydrogen) atoms. The summed E-state index contributed by atoms with van der Waals surface area (Å²) >= 11 is 0. The van der Waals surface area contributed by atoms with Crippen LogP contribution >= 0.6 is 0 Å². The molecule has 8 heteroatoms. The third-order valence-electron chi connectivity index (χ3n) is 2.81. The first kappa shape index (κ1) is 16.0. The standard InChI is InChI=1S/C12H17N3O4S/c1-8(20(2,18)19)12(16)14-7-9-4-3-5-10(6-9)11(13)15-17/h3-6,8,17H,7H2,1-2H3,(H2,13,15)(H,14,16). The third kappa shape index (κ3) is 4.23. The van der Waals surface area contributed by atoms with E-state index < -0.39 is 21.0 Å². The summed E-state index contributed by atoms with van der Waals surface area (Å²) in [6.07, 6.45) is 1.01. The first-order valence-electron chi connectivity index (χ1n) is 5.79. The molecule has 1 atom stereocenters. The van der Waals surface area contributed by atoms with E-state index in [1.807, 2.05) is 0 Å². The molecule has 0 saturated heterocycles. The van der Waals surface area contributed by atoms with E-state index in [4.69, 9.17) is 10.9 Å². The van der Waals surface area contributed by atoms with Gasteiger partial charge in [0.1, 0.15) is 5.25 Å². The average molecular weight is 299 g/mol. The Morgan fingerprint density at radius 1 is 1.50 bits per heavy atom. The number of nitrogens with two attached hydrogens (primary N) is 1. The van der Waals surface area contributed by atoms with Crippen molar-refractivity contribution in [1.29, 1.82) is 0 Å². The van der Waals surface area contributed by atoms with Crippen LogP contribution in [0.4, 0.5) is 0 Å². The monoisotopic (exact) mass is 299 g/mol. The predicted molar refractivity (Wildman–Crippen MR) is 75.1 cm³/mol. The lowest BCUT2D eigenvalue weighted by Crippen LogP contribution is -2.37. The summed E-state index contributed by atoms with van der Waals surface area (Å²) < 4.78 is 22.5. The minimum atomic E-state index is -3.42. The molecule has 0 radical (unpaired) electrons. The fraction of sp³-hybridized carbons (Fsp3) is 0.333. The topological polar surface area (TPSA) is 122 Å². The second kappa shape index (κ2) is 6.38. The average Bonchev–Trinajstić information content (AvgIpc) is 2.42. The van der Waals surface area contributed by atoms with Crippen molar-refractivity contribution in [3.05, 3.63) is 35.4 Å². The molecule has 4 N–H and O–H groups in total. The van der Waals surface area contributed by atoms with Gasteiger partial charge < -0.3 is 16.3 Å². The molecule has 0 aliphatic heterocycles. The molecule has 0 bridgehead atoms. The SMILES string of the molecule is CC(C(=O)NCc1cccc(/C(N)=N/O)c1)S(C)(=O)=O. The van der Waals surface area contributed by atoms with E-state index in [9.17, 15) is 13.2 Å². The van der Waals surface area contributed by atoms with E-state index in [0.29, 0.717) is 11.1 Å². The highest BCUT2D eigenvalue weighted by Crippen LogP contribution is 2.06. The smallest absolute Gasteiger partial charge is 0.238 e. The second-order valence-electron chi connectivity index (χ2n) is 4.38. The molecule has 1 unspecified atom stereocenters. The fourth-order valence-electron chi connectivity index (χ4n) is 1.43. The van der Waals surface area contributed by atoms with Crippen LogP contribution in [0.2, 0.25) is 0 Å². The number of amidine groups is 1. The van der Waals surface area contributed by atoms with Gasteiger partial charge in [0.05, 0.1) is 0 Å². The molecule has 110 valence electrons. The van der Waals surface area contributed by atoms with Crippen LogP contribution in [0.1, 0.15) is 18.1 Å². The van der Waals surface area contributed by atoms with Gasteiger partial charge in [-0.15, -0.1) is 0 Å². The molecule has 1 rings (SSSR count). The largest absolute Gasteiger partial charge is 0.409 e. The normalized spacial score (nSPS) is 13.8. The highest BCUT2D eigenvalue weighted by atomic mass is 32.2. The van der Waals surface area contributed by atoms with Crippen LogP contribution in [-0.2, 0) is 21.2 Å². The van der Waals surface area contributed by atoms with Gasteiger partial charge in [0.25, 0.3) is 0 Å². The third-order valence-corrected chi connectivity index (χ3v) is 4.31. The molecule has 1 amide bonds. The Kier molecular flexibility index (Phi) is 5.09. The van der Waals surface area contributed by atoms with Crippen molar-refractivity contribution < 1.29 is 18.4 Å². The predicted octanol–water partition coefficient (Wildman–Crippen LogP) is -0.170. The number of amides is 1. The van der Waals surface area contributed by atoms with E-state index in [0.717, 1.165) is 6.26 Å². The minimum absolute atomic E-state index is 0.0392. The van der Waals surface area contributed by atoms with Crippen molar-refractivity contribution in [3.8, 4) is 0 Å². The molecular weight excluding hydrogens is 282 g/mol. The molecule has 0 fully saturated rings. The number of nitrogens with zero attached hydrogens (tertiary/aromatic N) is 1. The summed E-state index contributed by atoms with van der Waals surface area (Å²) in [6, 6.07) is 6.72. The zero-order valence-corrected chi connectivity index (χ0v) is 12.0. The Labute approximate surface area is 117 Å². The minimum Gasteiger partial charge on any atom is -0.409 e. The number of sulfone groups is 1. The molecule has 0 aromatic heterocycles. The summed E-state index contributed by atoms with van der Waals surface area (Å²) in [5.74, 6) is -0.607. The quantitative estimate of drug-likeness (QED) is 0.301. The van der Waals surface area contributed by atoms with Gasteiger partial charge in [-0.05, 0) is 18.6 Å². The number of benzene rings is 1. The maximum absolute atomic E-state index is 11.7. The molecule has 0 heterocycles. The number of rotatable bonds is 5. The molecule has 0 saturated carbocycles. The van der Waals surface area contributed by atoms with Crippen molar-refractivity contribution in [2.24, 2.45) is 10.9 Å². The van der Waals surface area contributed by atoms with Crippen LogP contribution < -0.4 is 11.1 Å². The Morgan fingerprint density at radius 2 is 2.15 bits per heavy atom. The summed E-state index contributed by atoms with van der Waals surface area (Å²) in [6.45, 7) is 1.49. The summed E-state index contributed by atoms with van der Waals surface area (Å²) in [5.41, 5.74) is 6.68. The van der Waals surface area contributed by atoms with Gasteiger partial charge in [-0.3, -0.25) is 4.79 Å². The molecule has 0 spiro atoms. The molecule has 1 aromatic carbocycles. The lowest BCUT2D eigenvalue weighted by Gasteiger charge is -2.11. The van der Waals surface area contributed by atoms with Gasteiger partial charge in [-0.2, -0.15) is 0 Å². The summed E-state index contributed by atoms with van der Waals surface area (Å²) in [7, 11) is -3.42. The summed E-state index contributed by atoms with van der Waals surface area (Å²) in [4.78, 5) is 11.7. The molecule has 1 aromatic rings. The number of carbonyl (C=O) groups is 1. The number of hydrogen-bond donors (Lipinski definition) is 3. The van der Waals surface area contributed by atoms with E-state index in [1.54, 1.807) is 24.3 Å². The maximum atomic E-state index is 11.7. The van der Waals surface area contributed by atoms with Crippen molar-refractivity contribution in [3.63, 3.8) is 0 Å². The zero-order chi connectivity index (χ0) is 15.3. The lowest BCUT2D eigenvalue weighted by molar-refractivity contribution is -0.120. The Balaban J connectivity index is 2.74. The summed E-state index contributed by atoms with van der Waals surface area (Å²) in [5, 5.41) is 12.9. The van der Waals surface area contributed by atoms with Crippen molar-refractivity contribution in [2.75, 3.05) is 6.26 Å². The molecule has 7 nitrogen and oxygen atoms in total. The first-order valence-corrected chi connectivity index (χ1v) is 7.74. The van der Waals surface area contributed by atoms with Crippen LogP contribution in [0.5, 0.6) is 0 Å². The highest BCUT2D eigenvalue weighted by molar-refractivity contribution is 7.92. The van der Waals surface area contributed by atoms with Crippen LogP contribution in [0.15, 0.2) is 29.4 Å². The van der Waals surface area contributed by atoms with Gasteiger partial charge in [0.2, 0.25) is 5.91 Å². The number of hydrogen-bond acceptors (Lipinski definition) is 5. The lowest BCUT2D eigenvalue weighted by atomic mass is 10.1. The van der Waals surface area contributed by atoms with E-state index >= 15 is 0 Å². The van der Waals surface area contributed by atoms with Crippen LogP contribution in [-0.4, -0.2) is 36.9 Å². The molecular formula is C12H17N3O4S. The zero-order valence-electron chi connectivity index (χ0n) is 11.2. The number of oxime groups is 1. The number of carbonyl (C=O) groups excluding carboxylic acids is 1. The van der Waals surface area contributed by atoms with Crippen molar-refractivity contribution in [1.82, 2.24) is 5.32 Å². The Morgan fingerprint density at radius 3 is 2.70 bits per heavy atom.